The van der Waals surface area contributed by atoms with E-state index < -0.39 is 0 Å². The summed E-state index contributed by atoms with van der Waals surface area (Å²) < 4.78 is 0.814. The maximum Gasteiger partial charge on any atom is 0.0967 e. The van der Waals surface area contributed by atoms with Gasteiger partial charge in [0, 0.05) is 10.1 Å². The van der Waals surface area contributed by atoms with Gasteiger partial charge in [0.1, 0.15) is 0 Å². The van der Waals surface area contributed by atoms with Crippen molar-refractivity contribution in [2.75, 3.05) is 19.6 Å². The number of hydrogen-bond donors (Lipinski definition) is 1. The van der Waals surface area contributed by atoms with E-state index in [1.807, 2.05) is 0 Å². The molecule has 0 aliphatic carbocycles. The van der Waals surface area contributed by atoms with Crippen molar-refractivity contribution >= 4 is 22.6 Å². The molecule has 0 aliphatic rings. The lowest BCUT2D eigenvalue weighted by atomic mass is 10.3. The first kappa shape index (κ1) is 11.4. The minimum absolute atomic E-state index is 0.379. The van der Waals surface area contributed by atoms with Gasteiger partial charge in [-0.2, -0.15) is 0 Å². The number of hydrogen-bond acceptors (Lipinski definition) is 2. The van der Waals surface area contributed by atoms with E-state index in [9.17, 15) is 5.11 Å². The van der Waals surface area contributed by atoms with Crippen molar-refractivity contribution in [3.05, 3.63) is 10.2 Å². The quantitative estimate of drug-likeness (QED) is 0.767. The highest BCUT2D eigenvalue weighted by Gasteiger charge is 2.09. The molecular formula is C8H16INO. The minimum atomic E-state index is -0.379. The summed E-state index contributed by atoms with van der Waals surface area (Å²) >= 11 is 2.06. The molecule has 0 aliphatic heterocycles. The van der Waals surface area contributed by atoms with E-state index in [0.29, 0.717) is 6.54 Å². The van der Waals surface area contributed by atoms with Gasteiger partial charge in [-0.25, -0.2) is 0 Å². The predicted molar refractivity (Wildman–Crippen MR) is 57.0 cm³/mol. The summed E-state index contributed by atoms with van der Waals surface area (Å²) in [6, 6.07) is 0. The lowest BCUT2D eigenvalue weighted by Crippen LogP contribution is -2.32. The molecule has 0 fully saturated rings. The third kappa shape index (κ3) is 4.76. The predicted octanol–water partition coefficient (Wildman–Crippen LogP) is 1.64. The van der Waals surface area contributed by atoms with Crippen LogP contribution in [0.3, 0.4) is 0 Å². The molecule has 0 aromatic carbocycles. The number of aliphatic hydroxyl groups excluding tert-OH is 1. The Bertz CT molecular complexity index is 123. The smallest absolute Gasteiger partial charge is 0.0967 e. The van der Waals surface area contributed by atoms with E-state index in [-0.39, 0.29) is 6.10 Å². The first-order chi connectivity index (χ1) is 5.11. The summed E-state index contributed by atoms with van der Waals surface area (Å²) in [7, 11) is 0. The maximum atomic E-state index is 9.41. The molecule has 1 unspecified atom stereocenters. The second-order valence-electron chi connectivity index (χ2n) is 2.45. The monoisotopic (exact) mass is 269 g/mol. The van der Waals surface area contributed by atoms with Crippen LogP contribution in [-0.2, 0) is 0 Å². The average molecular weight is 269 g/mol. The molecule has 1 N–H and O–H groups in total. The van der Waals surface area contributed by atoms with E-state index >= 15 is 0 Å². The van der Waals surface area contributed by atoms with E-state index in [1.165, 1.54) is 0 Å². The highest BCUT2D eigenvalue weighted by molar-refractivity contribution is 14.1. The average Bonchev–Trinajstić information content (AvgIpc) is 1.99. The van der Waals surface area contributed by atoms with E-state index in [0.717, 1.165) is 16.7 Å². The molecule has 3 heteroatoms. The molecule has 0 bridgehead atoms. The van der Waals surface area contributed by atoms with Gasteiger partial charge in [-0.15, -0.1) is 0 Å². The van der Waals surface area contributed by atoms with Gasteiger partial charge in [0.15, 0.2) is 0 Å². The van der Waals surface area contributed by atoms with Crippen molar-refractivity contribution in [3.63, 3.8) is 0 Å². The zero-order valence-corrected chi connectivity index (χ0v) is 9.34. The fourth-order valence-corrected chi connectivity index (χ4v) is 1.02. The third-order valence-corrected chi connectivity index (χ3v) is 2.41. The molecular weight excluding hydrogens is 253 g/mol. The highest BCUT2D eigenvalue weighted by Crippen LogP contribution is 2.09. The molecule has 0 rings (SSSR count). The van der Waals surface area contributed by atoms with Crippen LogP contribution >= 0.6 is 22.6 Å². The molecule has 0 heterocycles. The Hall–Kier alpha value is 0.390. The fraction of sp³-hybridized carbons (Fsp3) is 0.750. The molecule has 0 radical (unpaired) electrons. The van der Waals surface area contributed by atoms with Crippen LogP contribution in [0.2, 0.25) is 0 Å². The Labute approximate surface area is 82.4 Å². The normalized spacial score (nSPS) is 13.5. The van der Waals surface area contributed by atoms with Gasteiger partial charge < -0.3 is 10.0 Å². The van der Waals surface area contributed by atoms with Crippen LogP contribution in [0.5, 0.6) is 0 Å². The molecule has 0 saturated carbocycles. The molecule has 2 nitrogen and oxygen atoms in total. The van der Waals surface area contributed by atoms with Crippen molar-refractivity contribution in [1.29, 1.82) is 0 Å². The van der Waals surface area contributed by atoms with Gasteiger partial charge in [0.2, 0.25) is 0 Å². The van der Waals surface area contributed by atoms with Crippen molar-refractivity contribution in [2.45, 2.75) is 20.0 Å². The van der Waals surface area contributed by atoms with Crippen molar-refractivity contribution in [3.8, 4) is 0 Å². The van der Waals surface area contributed by atoms with E-state index in [1.54, 1.807) is 0 Å². The molecule has 0 amide bonds. The summed E-state index contributed by atoms with van der Waals surface area (Å²) in [5.41, 5.74) is 0. The third-order valence-electron chi connectivity index (χ3n) is 1.69. The Morgan fingerprint density at radius 1 is 1.55 bits per heavy atom. The standard InChI is InChI=1S/C8H16INO/c1-4-10(5-2)6-8(11)7(3)9/h8,11H,3-6H2,1-2H3. The summed E-state index contributed by atoms with van der Waals surface area (Å²) in [5, 5.41) is 9.41. The van der Waals surface area contributed by atoms with Crippen LogP contribution < -0.4 is 0 Å². The van der Waals surface area contributed by atoms with Gasteiger partial charge in [0.25, 0.3) is 0 Å². The second kappa shape index (κ2) is 5.97. The lowest BCUT2D eigenvalue weighted by molar-refractivity contribution is 0.153. The van der Waals surface area contributed by atoms with Gasteiger partial charge in [0.05, 0.1) is 6.10 Å². The fourth-order valence-electron chi connectivity index (χ4n) is 0.825. The number of aliphatic hydroxyl groups is 1. The van der Waals surface area contributed by atoms with Crippen LogP contribution in [0.25, 0.3) is 0 Å². The maximum absolute atomic E-state index is 9.41. The number of nitrogens with zero attached hydrogens (tertiary/aromatic N) is 1. The summed E-state index contributed by atoms with van der Waals surface area (Å²) in [6.07, 6.45) is -0.379. The SMILES string of the molecule is C=C(I)C(O)CN(CC)CC. The molecule has 0 spiro atoms. The van der Waals surface area contributed by atoms with Crippen LogP contribution in [-0.4, -0.2) is 35.7 Å². The van der Waals surface area contributed by atoms with Crippen LogP contribution in [0, 0.1) is 0 Å². The molecule has 11 heavy (non-hydrogen) atoms. The highest BCUT2D eigenvalue weighted by atomic mass is 127. The Morgan fingerprint density at radius 3 is 2.27 bits per heavy atom. The number of rotatable bonds is 5. The van der Waals surface area contributed by atoms with E-state index in [4.69, 9.17) is 0 Å². The Morgan fingerprint density at radius 2 is 2.00 bits per heavy atom. The zero-order valence-electron chi connectivity index (χ0n) is 7.18. The second-order valence-corrected chi connectivity index (χ2v) is 3.83. The molecule has 0 aromatic rings. The van der Waals surface area contributed by atoms with Crippen molar-refractivity contribution in [2.24, 2.45) is 0 Å². The Kier molecular flexibility index (Phi) is 6.18. The molecule has 0 saturated heterocycles. The van der Waals surface area contributed by atoms with Gasteiger partial charge >= 0.3 is 0 Å². The van der Waals surface area contributed by atoms with Gasteiger partial charge in [-0.1, -0.05) is 20.4 Å². The molecule has 66 valence electrons. The van der Waals surface area contributed by atoms with Crippen LogP contribution in [0.15, 0.2) is 10.2 Å². The first-order valence-electron chi connectivity index (χ1n) is 3.86. The van der Waals surface area contributed by atoms with Crippen molar-refractivity contribution in [1.82, 2.24) is 4.90 Å². The van der Waals surface area contributed by atoms with Gasteiger partial charge in [-0.3, -0.25) is 0 Å². The number of likely N-dealkylation sites (N-methyl/N-ethyl adjacent to an activating group) is 1. The summed E-state index contributed by atoms with van der Waals surface area (Å²) in [6.45, 7) is 10.5. The van der Waals surface area contributed by atoms with Crippen LogP contribution in [0.4, 0.5) is 0 Å². The van der Waals surface area contributed by atoms with E-state index in [2.05, 4.69) is 47.9 Å². The number of halogens is 1. The summed E-state index contributed by atoms with van der Waals surface area (Å²) in [5.74, 6) is 0. The van der Waals surface area contributed by atoms with Gasteiger partial charge in [-0.05, 0) is 35.7 Å². The molecule has 1 atom stereocenters. The Balaban J connectivity index is 3.71. The summed E-state index contributed by atoms with van der Waals surface area (Å²) in [4.78, 5) is 2.18. The first-order valence-corrected chi connectivity index (χ1v) is 4.94. The minimum Gasteiger partial charge on any atom is -0.387 e. The lowest BCUT2D eigenvalue weighted by Gasteiger charge is -2.21. The largest absolute Gasteiger partial charge is 0.387 e. The molecule has 0 aromatic heterocycles. The topological polar surface area (TPSA) is 23.5 Å². The zero-order chi connectivity index (χ0) is 8.85. The van der Waals surface area contributed by atoms with Crippen molar-refractivity contribution < 1.29 is 5.11 Å². The van der Waals surface area contributed by atoms with Crippen LogP contribution in [0.1, 0.15) is 13.8 Å².